The first-order valence-corrected chi connectivity index (χ1v) is 6.66. The molecule has 0 aliphatic heterocycles. The van der Waals surface area contributed by atoms with Crippen molar-refractivity contribution >= 4 is 11.6 Å². The molecule has 21 heavy (non-hydrogen) atoms. The zero-order valence-electron chi connectivity index (χ0n) is 12.2. The number of carbonyl (C=O) groups excluding carboxylic acids is 1. The lowest BCUT2D eigenvalue weighted by molar-refractivity contribution is 0.102. The van der Waals surface area contributed by atoms with Crippen LogP contribution < -0.4 is 10.1 Å². The normalized spacial score (nSPS) is 10.5. The molecular formula is C16H17FN2O2. The average Bonchev–Trinajstić information content (AvgIpc) is 2.43. The molecule has 0 radical (unpaired) electrons. The molecule has 0 aliphatic rings. The summed E-state index contributed by atoms with van der Waals surface area (Å²) in [5.41, 5.74) is 1.29. The molecule has 0 spiro atoms. The zero-order valence-corrected chi connectivity index (χ0v) is 12.2. The summed E-state index contributed by atoms with van der Waals surface area (Å²) in [5.74, 6) is -0.309. The number of halogens is 1. The number of pyridine rings is 1. The molecule has 1 heterocycles. The van der Waals surface area contributed by atoms with Gasteiger partial charge in [-0.15, -0.1) is 0 Å². The number of ether oxygens (including phenoxy) is 1. The van der Waals surface area contributed by atoms with Gasteiger partial charge >= 0.3 is 0 Å². The maximum Gasteiger partial charge on any atom is 0.255 e. The average molecular weight is 288 g/mol. The van der Waals surface area contributed by atoms with Crippen LogP contribution in [-0.4, -0.2) is 17.0 Å². The van der Waals surface area contributed by atoms with E-state index in [4.69, 9.17) is 4.74 Å². The Balaban J connectivity index is 2.21. The van der Waals surface area contributed by atoms with E-state index in [1.54, 1.807) is 25.3 Å². The Morgan fingerprint density at radius 3 is 2.76 bits per heavy atom. The third-order valence-electron chi connectivity index (χ3n) is 2.79. The van der Waals surface area contributed by atoms with Gasteiger partial charge in [0.05, 0.1) is 6.10 Å². The van der Waals surface area contributed by atoms with Crippen molar-refractivity contribution in [3.8, 4) is 5.88 Å². The van der Waals surface area contributed by atoms with Crippen LogP contribution >= 0.6 is 0 Å². The molecule has 0 saturated heterocycles. The first-order chi connectivity index (χ1) is 9.97. The molecule has 1 N–H and O–H groups in total. The van der Waals surface area contributed by atoms with Crippen LogP contribution in [0, 0.1) is 12.7 Å². The van der Waals surface area contributed by atoms with E-state index in [0.717, 1.165) is 0 Å². The predicted molar refractivity (Wildman–Crippen MR) is 79.1 cm³/mol. The van der Waals surface area contributed by atoms with Crippen molar-refractivity contribution in [1.29, 1.82) is 0 Å². The van der Waals surface area contributed by atoms with Crippen LogP contribution in [0.1, 0.15) is 29.8 Å². The summed E-state index contributed by atoms with van der Waals surface area (Å²) in [4.78, 5) is 16.3. The van der Waals surface area contributed by atoms with Crippen molar-refractivity contribution < 1.29 is 13.9 Å². The molecule has 1 aromatic heterocycles. The maximum atomic E-state index is 13.2. The van der Waals surface area contributed by atoms with Crippen LogP contribution in [0.4, 0.5) is 10.1 Å². The second-order valence-corrected chi connectivity index (χ2v) is 4.94. The van der Waals surface area contributed by atoms with E-state index in [1.165, 1.54) is 18.2 Å². The van der Waals surface area contributed by atoms with Gasteiger partial charge in [0.1, 0.15) is 11.5 Å². The van der Waals surface area contributed by atoms with Crippen molar-refractivity contribution in [2.45, 2.75) is 26.9 Å². The molecule has 0 unspecified atom stereocenters. The second kappa shape index (κ2) is 6.35. The highest BCUT2D eigenvalue weighted by molar-refractivity contribution is 6.04. The molecule has 5 heteroatoms. The van der Waals surface area contributed by atoms with Gasteiger partial charge in [0, 0.05) is 11.8 Å². The Bertz CT molecular complexity index is 656. The number of nitrogens with one attached hydrogen (secondary N) is 1. The topological polar surface area (TPSA) is 51.2 Å². The summed E-state index contributed by atoms with van der Waals surface area (Å²) in [6.45, 7) is 5.37. The number of aromatic nitrogens is 1. The second-order valence-electron chi connectivity index (χ2n) is 4.94. The summed E-state index contributed by atoms with van der Waals surface area (Å²) < 4.78 is 18.8. The van der Waals surface area contributed by atoms with E-state index in [-0.39, 0.29) is 17.8 Å². The van der Waals surface area contributed by atoms with E-state index in [0.29, 0.717) is 22.7 Å². The number of anilines is 1. The van der Waals surface area contributed by atoms with Gasteiger partial charge in [-0.25, -0.2) is 9.37 Å². The SMILES string of the molecule is Cc1cc(C(=O)Nc2cccnc2OC(C)C)ccc1F. The third kappa shape index (κ3) is 3.78. The fourth-order valence-electron chi connectivity index (χ4n) is 1.78. The maximum absolute atomic E-state index is 13.2. The van der Waals surface area contributed by atoms with Gasteiger partial charge < -0.3 is 10.1 Å². The molecule has 0 saturated carbocycles. The van der Waals surface area contributed by atoms with Crippen molar-refractivity contribution in [2.24, 2.45) is 0 Å². The van der Waals surface area contributed by atoms with E-state index < -0.39 is 0 Å². The van der Waals surface area contributed by atoms with Gasteiger partial charge in [-0.1, -0.05) is 0 Å². The minimum absolute atomic E-state index is 0.0522. The molecule has 2 aromatic rings. The monoisotopic (exact) mass is 288 g/mol. The molecule has 1 aromatic carbocycles. The van der Waals surface area contributed by atoms with E-state index in [1.807, 2.05) is 13.8 Å². The van der Waals surface area contributed by atoms with Crippen LogP contribution in [0.25, 0.3) is 0 Å². The molecule has 4 nitrogen and oxygen atoms in total. The predicted octanol–water partition coefficient (Wildman–Crippen LogP) is 3.57. The summed E-state index contributed by atoms with van der Waals surface area (Å²) in [6, 6.07) is 7.64. The van der Waals surface area contributed by atoms with Gasteiger partial charge in [-0.05, 0) is 56.7 Å². The molecule has 0 fully saturated rings. The van der Waals surface area contributed by atoms with Crippen molar-refractivity contribution in [3.63, 3.8) is 0 Å². The summed E-state index contributed by atoms with van der Waals surface area (Å²) in [7, 11) is 0. The highest BCUT2D eigenvalue weighted by Gasteiger charge is 2.12. The van der Waals surface area contributed by atoms with Crippen molar-refractivity contribution in [3.05, 3.63) is 53.5 Å². The Labute approximate surface area is 123 Å². The number of benzene rings is 1. The van der Waals surface area contributed by atoms with Crippen molar-refractivity contribution in [1.82, 2.24) is 4.98 Å². The molecule has 110 valence electrons. The van der Waals surface area contributed by atoms with Gasteiger partial charge in [-0.3, -0.25) is 4.79 Å². The van der Waals surface area contributed by atoms with E-state index in [2.05, 4.69) is 10.3 Å². The fourth-order valence-corrected chi connectivity index (χ4v) is 1.78. The van der Waals surface area contributed by atoms with Crippen molar-refractivity contribution in [2.75, 3.05) is 5.32 Å². The number of amides is 1. The minimum atomic E-state index is -0.336. The van der Waals surface area contributed by atoms with Crippen LogP contribution in [0.3, 0.4) is 0 Å². The summed E-state index contributed by atoms with van der Waals surface area (Å²) in [5, 5.41) is 2.73. The van der Waals surface area contributed by atoms with Crippen LogP contribution in [-0.2, 0) is 0 Å². The number of nitrogens with zero attached hydrogens (tertiary/aromatic N) is 1. The Kier molecular flexibility index (Phi) is 4.52. The largest absolute Gasteiger partial charge is 0.473 e. The van der Waals surface area contributed by atoms with Crippen LogP contribution in [0.15, 0.2) is 36.5 Å². The Morgan fingerprint density at radius 1 is 1.33 bits per heavy atom. The number of aryl methyl sites for hydroxylation is 1. The molecule has 0 aliphatic carbocycles. The lowest BCUT2D eigenvalue weighted by atomic mass is 10.1. The fraction of sp³-hybridized carbons (Fsp3) is 0.250. The molecular weight excluding hydrogens is 271 g/mol. The summed E-state index contributed by atoms with van der Waals surface area (Å²) in [6.07, 6.45) is 1.54. The first-order valence-electron chi connectivity index (χ1n) is 6.66. The summed E-state index contributed by atoms with van der Waals surface area (Å²) >= 11 is 0. The molecule has 2 rings (SSSR count). The smallest absolute Gasteiger partial charge is 0.255 e. The number of carbonyl (C=O) groups is 1. The van der Waals surface area contributed by atoms with E-state index in [9.17, 15) is 9.18 Å². The molecule has 1 amide bonds. The highest BCUT2D eigenvalue weighted by Crippen LogP contribution is 2.22. The molecule has 0 atom stereocenters. The van der Waals surface area contributed by atoms with Gasteiger partial charge in [0.15, 0.2) is 0 Å². The minimum Gasteiger partial charge on any atom is -0.473 e. The Hall–Kier alpha value is -2.43. The lowest BCUT2D eigenvalue weighted by Crippen LogP contribution is -2.15. The first kappa shape index (κ1) is 15.0. The number of hydrogen-bond acceptors (Lipinski definition) is 3. The number of rotatable bonds is 4. The van der Waals surface area contributed by atoms with Gasteiger partial charge in [0.25, 0.3) is 5.91 Å². The Morgan fingerprint density at radius 2 is 2.10 bits per heavy atom. The van der Waals surface area contributed by atoms with Crippen LogP contribution in [0.5, 0.6) is 5.88 Å². The number of hydrogen-bond donors (Lipinski definition) is 1. The third-order valence-corrected chi connectivity index (χ3v) is 2.79. The lowest BCUT2D eigenvalue weighted by Gasteiger charge is -2.13. The van der Waals surface area contributed by atoms with Gasteiger partial charge in [0.2, 0.25) is 5.88 Å². The standard InChI is InChI=1S/C16H17FN2O2/c1-10(2)21-16-14(5-4-8-18-16)19-15(20)12-6-7-13(17)11(3)9-12/h4-10H,1-3H3,(H,19,20). The van der Waals surface area contributed by atoms with Gasteiger partial charge in [-0.2, -0.15) is 0 Å². The molecule has 0 bridgehead atoms. The van der Waals surface area contributed by atoms with E-state index >= 15 is 0 Å². The quantitative estimate of drug-likeness (QED) is 0.935. The van der Waals surface area contributed by atoms with Crippen LogP contribution in [0.2, 0.25) is 0 Å². The zero-order chi connectivity index (χ0) is 15.4. The highest BCUT2D eigenvalue weighted by atomic mass is 19.1.